The molecule has 7 nitrogen and oxygen atoms in total. The molecule has 0 amide bonds. The second-order valence-electron chi connectivity index (χ2n) is 6.50. The third-order valence-corrected chi connectivity index (χ3v) is 7.07. The summed E-state index contributed by atoms with van der Waals surface area (Å²) in [5.41, 5.74) is 0.949. The van der Waals surface area contributed by atoms with E-state index >= 15 is 0 Å². The molecule has 1 aromatic heterocycles. The van der Waals surface area contributed by atoms with Crippen LogP contribution >= 0.6 is 12.2 Å². The van der Waals surface area contributed by atoms with Crippen LogP contribution in [0.1, 0.15) is 13.3 Å². The Balaban J connectivity index is 1.85. The van der Waals surface area contributed by atoms with Crippen LogP contribution in [0.2, 0.25) is 0 Å². The fourth-order valence-electron chi connectivity index (χ4n) is 3.28. The molecule has 0 saturated carbocycles. The zero-order chi connectivity index (χ0) is 18.9. The van der Waals surface area contributed by atoms with E-state index in [-0.39, 0.29) is 17.5 Å². The Bertz CT molecular complexity index is 932. The van der Waals surface area contributed by atoms with Crippen molar-refractivity contribution in [1.29, 1.82) is 0 Å². The summed E-state index contributed by atoms with van der Waals surface area (Å²) in [6.07, 6.45) is 0.668. The summed E-state index contributed by atoms with van der Waals surface area (Å²) >= 11 is 5.54. The number of aromatic nitrogens is 3. The van der Waals surface area contributed by atoms with Crippen LogP contribution in [0.25, 0.3) is 11.4 Å². The zero-order valence-electron chi connectivity index (χ0n) is 15.3. The molecule has 0 aliphatic carbocycles. The molecular weight excluding hydrogens is 372 g/mol. The topological polar surface area (TPSA) is 69.4 Å². The SMILES string of the molecule is CCN(Cn1nc(-c2ccc(OC)cc2)n(C)c1=S)[C@H]1CCS(=O)(=O)C1. The summed E-state index contributed by atoms with van der Waals surface area (Å²) in [5.74, 6) is 2.03. The maximum atomic E-state index is 11.8. The second-order valence-corrected chi connectivity index (χ2v) is 9.09. The fraction of sp³-hybridized carbons (Fsp3) is 0.529. The molecule has 0 radical (unpaired) electrons. The van der Waals surface area contributed by atoms with E-state index in [1.54, 1.807) is 11.8 Å². The van der Waals surface area contributed by atoms with Crippen molar-refractivity contribution in [1.82, 2.24) is 19.2 Å². The minimum atomic E-state index is -2.92. The summed E-state index contributed by atoms with van der Waals surface area (Å²) < 4.78 is 33.0. The van der Waals surface area contributed by atoms with Gasteiger partial charge in [-0.15, -0.1) is 0 Å². The number of methoxy groups -OCH3 is 1. The highest BCUT2D eigenvalue weighted by molar-refractivity contribution is 7.91. The molecule has 1 aliphatic rings. The molecule has 9 heteroatoms. The van der Waals surface area contributed by atoms with Crippen LogP contribution < -0.4 is 4.74 Å². The predicted octanol–water partition coefficient (Wildman–Crippen LogP) is 2.09. The van der Waals surface area contributed by atoms with Gasteiger partial charge in [0.2, 0.25) is 0 Å². The van der Waals surface area contributed by atoms with Crippen LogP contribution in [0.4, 0.5) is 0 Å². The van der Waals surface area contributed by atoms with Crippen LogP contribution in [0.3, 0.4) is 0 Å². The molecule has 0 N–H and O–H groups in total. The normalized spacial score (nSPS) is 19.2. The number of ether oxygens (including phenoxy) is 1. The Morgan fingerprint density at radius 2 is 2.04 bits per heavy atom. The highest BCUT2D eigenvalue weighted by atomic mass is 32.2. The first-order valence-corrected chi connectivity index (χ1v) is 10.8. The van der Waals surface area contributed by atoms with Gasteiger partial charge in [0.25, 0.3) is 0 Å². The lowest BCUT2D eigenvalue weighted by Gasteiger charge is -2.25. The van der Waals surface area contributed by atoms with E-state index in [0.29, 0.717) is 17.9 Å². The summed E-state index contributed by atoms with van der Waals surface area (Å²) in [5, 5.41) is 4.67. The van der Waals surface area contributed by atoms with Gasteiger partial charge in [-0.25, -0.2) is 13.1 Å². The number of hydrogen-bond acceptors (Lipinski definition) is 6. The molecule has 1 atom stereocenters. The highest BCUT2D eigenvalue weighted by Gasteiger charge is 2.32. The first-order valence-electron chi connectivity index (χ1n) is 8.57. The van der Waals surface area contributed by atoms with Crippen LogP contribution in [0.5, 0.6) is 5.75 Å². The molecule has 1 saturated heterocycles. The average Bonchev–Trinajstić information content (AvgIpc) is 3.13. The van der Waals surface area contributed by atoms with Crippen LogP contribution in [0.15, 0.2) is 24.3 Å². The maximum absolute atomic E-state index is 11.8. The summed E-state index contributed by atoms with van der Waals surface area (Å²) in [7, 11) is 0.603. The van der Waals surface area contributed by atoms with Crippen molar-refractivity contribution >= 4 is 22.1 Å². The zero-order valence-corrected chi connectivity index (χ0v) is 16.9. The molecule has 1 aromatic carbocycles. The predicted molar refractivity (Wildman–Crippen MR) is 103 cm³/mol. The molecule has 3 rings (SSSR count). The second kappa shape index (κ2) is 7.50. The number of benzene rings is 1. The lowest BCUT2D eigenvalue weighted by molar-refractivity contribution is 0.164. The third kappa shape index (κ3) is 3.84. The lowest BCUT2D eigenvalue weighted by atomic mass is 10.2. The molecule has 1 aliphatic heterocycles. The summed E-state index contributed by atoms with van der Waals surface area (Å²) in [6, 6.07) is 7.69. The standard InChI is InChI=1S/C17H24N4O3S2/c1-4-20(14-9-10-26(22,23)11-14)12-21-17(25)19(2)16(18-21)13-5-7-15(24-3)8-6-13/h5-8,14H,4,9-12H2,1-3H3/t14-/m0/s1. The van der Waals surface area contributed by atoms with Crippen molar-refractivity contribution in [3.05, 3.63) is 29.0 Å². The van der Waals surface area contributed by atoms with Gasteiger partial charge in [-0.3, -0.25) is 4.90 Å². The van der Waals surface area contributed by atoms with Crippen molar-refractivity contribution in [2.24, 2.45) is 7.05 Å². The lowest BCUT2D eigenvalue weighted by Crippen LogP contribution is -2.37. The third-order valence-electron chi connectivity index (χ3n) is 4.84. The van der Waals surface area contributed by atoms with Crippen molar-refractivity contribution in [2.75, 3.05) is 25.2 Å². The van der Waals surface area contributed by atoms with E-state index in [4.69, 9.17) is 17.0 Å². The first-order chi connectivity index (χ1) is 12.3. The van der Waals surface area contributed by atoms with E-state index in [9.17, 15) is 8.42 Å². The average molecular weight is 397 g/mol. The van der Waals surface area contributed by atoms with E-state index in [0.717, 1.165) is 23.7 Å². The van der Waals surface area contributed by atoms with Crippen LogP contribution in [-0.4, -0.2) is 58.9 Å². The molecule has 2 heterocycles. The van der Waals surface area contributed by atoms with Gasteiger partial charge >= 0.3 is 0 Å². The number of rotatable bonds is 6. The van der Waals surface area contributed by atoms with Gasteiger partial charge in [0.05, 0.1) is 25.3 Å². The highest BCUT2D eigenvalue weighted by Crippen LogP contribution is 2.22. The number of nitrogens with zero attached hydrogens (tertiary/aromatic N) is 4. The van der Waals surface area contributed by atoms with Gasteiger partial charge in [-0.1, -0.05) is 6.92 Å². The molecule has 142 valence electrons. The largest absolute Gasteiger partial charge is 0.497 e. The molecule has 0 bridgehead atoms. The molecular formula is C17H24N4O3S2. The fourth-order valence-corrected chi connectivity index (χ4v) is 5.23. The van der Waals surface area contributed by atoms with Crippen LogP contribution in [-0.2, 0) is 23.6 Å². The Morgan fingerprint density at radius 1 is 1.35 bits per heavy atom. The van der Waals surface area contributed by atoms with Crippen LogP contribution in [0, 0.1) is 4.77 Å². The van der Waals surface area contributed by atoms with E-state index in [2.05, 4.69) is 10.00 Å². The minimum Gasteiger partial charge on any atom is -0.497 e. The van der Waals surface area contributed by atoms with E-state index in [1.807, 2.05) is 42.8 Å². The maximum Gasteiger partial charge on any atom is 0.199 e. The van der Waals surface area contributed by atoms with Crippen molar-refractivity contribution < 1.29 is 13.2 Å². The Morgan fingerprint density at radius 3 is 2.58 bits per heavy atom. The monoisotopic (exact) mass is 396 g/mol. The van der Waals surface area contributed by atoms with Gasteiger partial charge in [0.15, 0.2) is 20.4 Å². The van der Waals surface area contributed by atoms with E-state index in [1.165, 1.54) is 0 Å². The summed E-state index contributed by atoms with van der Waals surface area (Å²) in [4.78, 5) is 2.13. The van der Waals surface area contributed by atoms with Gasteiger partial charge < -0.3 is 9.30 Å². The Hall–Kier alpha value is -1.71. The number of sulfone groups is 1. The number of hydrogen-bond donors (Lipinski definition) is 0. The first kappa shape index (κ1) is 19.1. The molecule has 2 aromatic rings. The molecule has 0 unspecified atom stereocenters. The molecule has 0 spiro atoms. The minimum absolute atomic E-state index is 0.0262. The van der Waals surface area contributed by atoms with Gasteiger partial charge in [-0.05, 0) is 49.4 Å². The Kier molecular flexibility index (Phi) is 5.50. The Labute approximate surface area is 159 Å². The van der Waals surface area contributed by atoms with Crippen molar-refractivity contribution in [2.45, 2.75) is 26.1 Å². The summed E-state index contributed by atoms with van der Waals surface area (Å²) in [6.45, 7) is 3.26. The van der Waals surface area contributed by atoms with Crippen molar-refractivity contribution in [3.63, 3.8) is 0 Å². The molecule has 1 fully saturated rings. The van der Waals surface area contributed by atoms with Gasteiger partial charge in [0.1, 0.15) is 5.75 Å². The quantitative estimate of drug-likeness (QED) is 0.697. The van der Waals surface area contributed by atoms with E-state index < -0.39 is 9.84 Å². The molecule has 26 heavy (non-hydrogen) atoms. The van der Waals surface area contributed by atoms with Crippen molar-refractivity contribution in [3.8, 4) is 17.1 Å². The van der Waals surface area contributed by atoms with Gasteiger partial charge in [-0.2, -0.15) is 5.10 Å². The smallest absolute Gasteiger partial charge is 0.199 e. The van der Waals surface area contributed by atoms with Gasteiger partial charge in [0, 0.05) is 18.7 Å².